The standard InChI is InChI=1S/C85H141NO18/c1-3-5-7-9-11-13-15-17-19-21-23-25-27-28-29-30-31-32-33-34-35-36-37-38-39-40-41-43-45-47-49-51-53-55-57-59-61-63-73(91)86-68(69(90)62-60-58-56-54-52-50-48-46-44-42-26-24-22-20-18-16-14-12-10-8-6-4-2)67-99-83-79(97)76(94)81(71(65-88)101-83)104-85-80(98)77(95)82(72(66-89)102-85)103-84-78(96)75(93)74(92)70(64-87)100-84/h5,7,11,13,17,19,23,25,28-29,31-32,34-35,37-38,40-41,45,47,52,54,60,62,68-72,74-85,87-90,92-98H,3-4,6,8-10,12,14-16,18,20-22,24,26-27,30,33,36,39,42-44,46,48-51,53,55-59,61,63-67H2,1-2H3,(H,86,91)/b7-5-,13-11-,19-17-,25-23-,29-28-,32-31-,35-34-,38-37-,41-40-,47-45-,54-52+,62-60+. The van der Waals surface area contributed by atoms with Crippen molar-refractivity contribution in [1.29, 1.82) is 0 Å². The minimum absolute atomic E-state index is 0.209. The van der Waals surface area contributed by atoms with Gasteiger partial charge < -0.3 is 89.9 Å². The van der Waals surface area contributed by atoms with Crippen molar-refractivity contribution in [2.45, 2.75) is 356 Å². The predicted octanol–water partition coefficient (Wildman–Crippen LogP) is 13.4. The molecule has 17 atom stereocenters. The number of aliphatic hydroxyl groups excluding tert-OH is 11. The Balaban J connectivity index is 1.39. The largest absolute Gasteiger partial charge is 0.394 e. The minimum atomic E-state index is -1.99. The summed E-state index contributed by atoms with van der Waals surface area (Å²) in [5.74, 6) is -0.305. The maximum atomic E-state index is 13.5. The Bertz CT molecular complexity index is 2450. The third-order valence-corrected chi connectivity index (χ3v) is 18.9. The molecule has 3 fully saturated rings. The molecule has 12 N–H and O–H groups in total. The van der Waals surface area contributed by atoms with Gasteiger partial charge in [0, 0.05) is 6.42 Å². The molecule has 0 aromatic carbocycles. The number of amides is 1. The fourth-order valence-electron chi connectivity index (χ4n) is 12.5. The van der Waals surface area contributed by atoms with Gasteiger partial charge in [0.15, 0.2) is 18.9 Å². The number of unbranched alkanes of at least 4 members (excludes halogenated alkanes) is 23. The zero-order chi connectivity index (χ0) is 75.3. The Morgan fingerprint density at radius 3 is 1.08 bits per heavy atom. The first-order valence-corrected chi connectivity index (χ1v) is 40.1. The lowest BCUT2D eigenvalue weighted by Crippen LogP contribution is -2.66. The van der Waals surface area contributed by atoms with E-state index in [0.717, 1.165) is 122 Å². The number of rotatable bonds is 61. The smallest absolute Gasteiger partial charge is 0.220 e. The van der Waals surface area contributed by atoms with Gasteiger partial charge in [-0.15, -0.1) is 0 Å². The summed E-state index contributed by atoms with van der Waals surface area (Å²) >= 11 is 0. The molecule has 1 amide bonds. The van der Waals surface area contributed by atoms with Gasteiger partial charge in [0.2, 0.25) is 5.91 Å². The lowest BCUT2D eigenvalue weighted by molar-refractivity contribution is -0.379. The Hall–Kier alpha value is -4.33. The number of ether oxygens (including phenoxy) is 6. The second-order valence-electron chi connectivity index (χ2n) is 27.8. The molecule has 0 spiro atoms. The molecule has 3 aliphatic rings. The first-order chi connectivity index (χ1) is 50.8. The summed E-state index contributed by atoms with van der Waals surface area (Å²) in [4.78, 5) is 13.5. The van der Waals surface area contributed by atoms with E-state index in [4.69, 9.17) is 28.4 Å². The van der Waals surface area contributed by atoms with Crippen molar-refractivity contribution in [1.82, 2.24) is 5.32 Å². The molecular weight excluding hydrogens is 1320 g/mol. The molecule has 3 aliphatic heterocycles. The number of carbonyl (C=O) groups is 1. The van der Waals surface area contributed by atoms with Crippen LogP contribution in [0.4, 0.5) is 0 Å². The highest BCUT2D eigenvalue weighted by Gasteiger charge is 2.54. The van der Waals surface area contributed by atoms with E-state index in [1.54, 1.807) is 6.08 Å². The van der Waals surface area contributed by atoms with Crippen molar-refractivity contribution >= 4 is 5.91 Å². The van der Waals surface area contributed by atoms with Crippen LogP contribution in [0.2, 0.25) is 0 Å². The topological polar surface area (TPSA) is 307 Å². The van der Waals surface area contributed by atoms with E-state index >= 15 is 0 Å². The quantitative estimate of drug-likeness (QED) is 0.0199. The molecule has 104 heavy (non-hydrogen) atoms. The lowest BCUT2D eigenvalue weighted by Gasteiger charge is -2.48. The van der Waals surface area contributed by atoms with Gasteiger partial charge in [0.05, 0.1) is 38.6 Å². The summed E-state index contributed by atoms with van der Waals surface area (Å²) in [7, 11) is 0. The second-order valence-corrected chi connectivity index (χ2v) is 27.8. The third kappa shape index (κ3) is 43.0. The highest BCUT2D eigenvalue weighted by molar-refractivity contribution is 5.76. The van der Waals surface area contributed by atoms with Crippen LogP contribution in [-0.4, -0.2) is 193 Å². The van der Waals surface area contributed by atoms with Gasteiger partial charge in [-0.2, -0.15) is 0 Å². The predicted molar refractivity (Wildman–Crippen MR) is 415 cm³/mol. The van der Waals surface area contributed by atoms with Crippen molar-refractivity contribution in [3.8, 4) is 0 Å². The van der Waals surface area contributed by atoms with E-state index in [2.05, 4.69) is 153 Å². The third-order valence-electron chi connectivity index (χ3n) is 18.9. The molecule has 19 heteroatoms. The molecule has 0 aromatic rings. The Morgan fingerprint density at radius 2 is 0.673 bits per heavy atom. The van der Waals surface area contributed by atoms with Crippen LogP contribution in [0.3, 0.4) is 0 Å². The number of aliphatic hydroxyl groups is 11. The van der Waals surface area contributed by atoms with Crippen LogP contribution in [0.15, 0.2) is 146 Å². The number of allylic oxidation sites excluding steroid dienone is 23. The number of hydrogen-bond acceptors (Lipinski definition) is 18. The van der Waals surface area contributed by atoms with E-state index < -0.39 is 124 Å². The van der Waals surface area contributed by atoms with Crippen molar-refractivity contribution in [2.24, 2.45) is 0 Å². The molecule has 3 rings (SSSR count). The summed E-state index contributed by atoms with van der Waals surface area (Å²) in [5, 5.41) is 121. The average Bonchev–Trinajstić information content (AvgIpc) is 0.783. The van der Waals surface area contributed by atoms with Gasteiger partial charge >= 0.3 is 0 Å². The van der Waals surface area contributed by atoms with Gasteiger partial charge in [-0.1, -0.05) is 282 Å². The summed E-state index contributed by atoms with van der Waals surface area (Å²) < 4.78 is 34.4. The van der Waals surface area contributed by atoms with E-state index in [0.29, 0.717) is 12.8 Å². The van der Waals surface area contributed by atoms with Crippen LogP contribution < -0.4 is 5.32 Å². The molecule has 0 aromatic heterocycles. The van der Waals surface area contributed by atoms with Gasteiger partial charge in [-0.25, -0.2) is 0 Å². The van der Waals surface area contributed by atoms with E-state index in [9.17, 15) is 61.0 Å². The average molecular weight is 1470 g/mol. The fraction of sp³-hybridized carbons (Fsp3) is 0.706. The van der Waals surface area contributed by atoms with Crippen molar-refractivity contribution in [3.05, 3.63) is 146 Å². The SMILES string of the molecule is CC/C=C\C/C=C\C/C=C\C/C=C\C/C=C\C/C=C\C/C=C\C/C=C\C/C=C\C/C=C\CCCCCCCCC(=O)NC(COC1OC(CO)C(OC2OC(CO)C(OC3OC(CO)C(O)C(O)C3O)C(O)C2O)C(O)C1O)C(O)/C=C/CC/C=C/CCCCCCCCCCCCCCCCCC. The monoisotopic (exact) mass is 1460 g/mol. The second kappa shape index (κ2) is 63.6. The number of carbonyl (C=O) groups excluding carboxylic acids is 1. The van der Waals surface area contributed by atoms with Crippen LogP contribution >= 0.6 is 0 Å². The fourth-order valence-corrected chi connectivity index (χ4v) is 12.5. The molecule has 17 unspecified atom stereocenters. The van der Waals surface area contributed by atoms with Crippen LogP contribution in [-0.2, 0) is 33.2 Å². The highest BCUT2D eigenvalue weighted by Crippen LogP contribution is 2.33. The highest BCUT2D eigenvalue weighted by atomic mass is 16.8. The molecular formula is C85H141NO18. The van der Waals surface area contributed by atoms with Gasteiger partial charge in [0.25, 0.3) is 0 Å². The van der Waals surface area contributed by atoms with E-state index in [-0.39, 0.29) is 18.9 Å². The van der Waals surface area contributed by atoms with Crippen LogP contribution in [0.25, 0.3) is 0 Å². The van der Waals surface area contributed by atoms with E-state index in [1.807, 2.05) is 6.08 Å². The van der Waals surface area contributed by atoms with Gasteiger partial charge in [-0.05, 0) is 109 Å². The van der Waals surface area contributed by atoms with Crippen LogP contribution in [0.1, 0.15) is 251 Å². The van der Waals surface area contributed by atoms with Crippen molar-refractivity contribution in [3.63, 3.8) is 0 Å². The molecule has 3 heterocycles. The molecule has 0 bridgehead atoms. The molecule has 19 nitrogen and oxygen atoms in total. The molecule has 0 aliphatic carbocycles. The molecule has 0 radical (unpaired) electrons. The molecule has 594 valence electrons. The normalized spacial score (nSPS) is 26.7. The van der Waals surface area contributed by atoms with Gasteiger partial charge in [0.1, 0.15) is 73.2 Å². The zero-order valence-electron chi connectivity index (χ0n) is 63.4. The number of nitrogens with one attached hydrogen (secondary N) is 1. The Kier molecular flexibility index (Phi) is 57.4. The van der Waals surface area contributed by atoms with Gasteiger partial charge in [-0.3, -0.25) is 4.79 Å². The van der Waals surface area contributed by atoms with Crippen LogP contribution in [0.5, 0.6) is 0 Å². The summed E-state index contributed by atoms with van der Waals surface area (Å²) in [6.07, 6.45) is 65.4. The first-order valence-electron chi connectivity index (χ1n) is 40.1. The Morgan fingerprint density at radius 1 is 0.356 bits per heavy atom. The van der Waals surface area contributed by atoms with Crippen molar-refractivity contribution in [2.75, 3.05) is 26.4 Å². The minimum Gasteiger partial charge on any atom is -0.394 e. The molecule has 0 saturated carbocycles. The maximum Gasteiger partial charge on any atom is 0.220 e. The maximum absolute atomic E-state index is 13.5. The summed E-state index contributed by atoms with van der Waals surface area (Å²) in [5.41, 5.74) is 0. The summed E-state index contributed by atoms with van der Waals surface area (Å²) in [6, 6.07) is -1.01. The first kappa shape index (κ1) is 93.9. The zero-order valence-corrected chi connectivity index (χ0v) is 63.4. The Labute approximate surface area is 625 Å². The molecule has 3 saturated heterocycles. The van der Waals surface area contributed by atoms with Crippen LogP contribution in [0, 0.1) is 0 Å². The summed E-state index contributed by atoms with van der Waals surface area (Å²) in [6.45, 7) is 1.59. The van der Waals surface area contributed by atoms with E-state index in [1.165, 1.54) is 96.3 Å². The lowest BCUT2D eigenvalue weighted by atomic mass is 9.96. The van der Waals surface area contributed by atoms with Crippen molar-refractivity contribution < 1.29 is 89.4 Å². The number of hydrogen-bond donors (Lipinski definition) is 12.